The molecule has 118 valence electrons. The number of hydrogen-bond donors (Lipinski definition) is 0. The number of carbonyl (C=O) groups is 1. The molecule has 23 heavy (non-hydrogen) atoms. The molecule has 5 nitrogen and oxygen atoms in total. The summed E-state index contributed by atoms with van der Waals surface area (Å²) in [6, 6.07) is 9.02. The SMILES string of the molecule is CC(C)N(Cc1cccnc1)C(=O)c1ccc2nc(Cl)oc2c1. The third-order valence-corrected chi connectivity index (χ3v) is 3.73. The highest BCUT2D eigenvalue weighted by Crippen LogP contribution is 2.22. The van der Waals surface area contributed by atoms with Crippen molar-refractivity contribution in [3.8, 4) is 0 Å². The Hall–Kier alpha value is -2.40. The van der Waals surface area contributed by atoms with Gasteiger partial charge in [-0.3, -0.25) is 9.78 Å². The Labute approximate surface area is 138 Å². The lowest BCUT2D eigenvalue weighted by atomic mass is 10.1. The number of amides is 1. The third kappa shape index (κ3) is 3.35. The van der Waals surface area contributed by atoms with E-state index in [1.54, 1.807) is 35.5 Å². The molecule has 0 unspecified atom stereocenters. The minimum absolute atomic E-state index is 0.0525. The van der Waals surface area contributed by atoms with Gasteiger partial charge in [-0.25, -0.2) is 0 Å². The molecule has 0 spiro atoms. The Morgan fingerprint density at radius 2 is 2.17 bits per heavy atom. The van der Waals surface area contributed by atoms with E-state index < -0.39 is 0 Å². The first-order valence-electron chi connectivity index (χ1n) is 7.30. The van der Waals surface area contributed by atoms with Crippen LogP contribution in [0.3, 0.4) is 0 Å². The predicted octanol–water partition coefficient (Wildman–Crippen LogP) is 3.93. The number of carbonyl (C=O) groups excluding carboxylic acids is 1. The smallest absolute Gasteiger partial charge is 0.293 e. The molecule has 0 saturated heterocycles. The van der Waals surface area contributed by atoms with E-state index >= 15 is 0 Å². The van der Waals surface area contributed by atoms with E-state index in [0.29, 0.717) is 23.2 Å². The number of aromatic nitrogens is 2. The fraction of sp³-hybridized carbons (Fsp3) is 0.235. The number of fused-ring (bicyclic) bond motifs is 1. The van der Waals surface area contributed by atoms with E-state index in [2.05, 4.69) is 9.97 Å². The zero-order valence-electron chi connectivity index (χ0n) is 12.9. The van der Waals surface area contributed by atoms with Crippen LogP contribution in [0.4, 0.5) is 0 Å². The number of pyridine rings is 1. The van der Waals surface area contributed by atoms with E-state index in [1.165, 1.54) is 0 Å². The summed E-state index contributed by atoms with van der Waals surface area (Å²) < 4.78 is 5.29. The molecule has 0 aliphatic carbocycles. The number of hydrogen-bond acceptors (Lipinski definition) is 4. The van der Waals surface area contributed by atoms with Crippen molar-refractivity contribution >= 4 is 28.6 Å². The number of halogens is 1. The zero-order valence-corrected chi connectivity index (χ0v) is 13.6. The molecule has 0 saturated carbocycles. The van der Waals surface area contributed by atoms with Crippen LogP contribution >= 0.6 is 11.6 Å². The van der Waals surface area contributed by atoms with Crippen LogP contribution in [0.2, 0.25) is 5.35 Å². The molecule has 0 fully saturated rings. The Balaban J connectivity index is 1.90. The summed E-state index contributed by atoms with van der Waals surface area (Å²) in [6.07, 6.45) is 3.48. The van der Waals surface area contributed by atoms with Gasteiger partial charge in [0.1, 0.15) is 5.52 Å². The molecule has 2 heterocycles. The van der Waals surface area contributed by atoms with Crippen LogP contribution in [-0.2, 0) is 6.54 Å². The summed E-state index contributed by atoms with van der Waals surface area (Å²) in [7, 11) is 0. The lowest BCUT2D eigenvalue weighted by molar-refractivity contribution is 0.0690. The molecule has 0 N–H and O–H groups in total. The first-order chi connectivity index (χ1) is 11.0. The molecule has 0 bridgehead atoms. The maximum absolute atomic E-state index is 12.9. The molecule has 0 aliphatic rings. The molecular formula is C17H16ClN3O2. The fourth-order valence-electron chi connectivity index (χ4n) is 2.37. The highest BCUT2D eigenvalue weighted by Gasteiger charge is 2.20. The van der Waals surface area contributed by atoms with Crippen molar-refractivity contribution in [2.75, 3.05) is 0 Å². The highest BCUT2D eigenvalue weighted by atomic mass is 35.5. The van der Waals surface area contributed by atoms with Gasteiger partial charge >= 0.3 is 0 Å². The second-order valence-corrected chi connectivity index (χ2v) is 5.86. The van der Waals surface area contributed by atoms with Crippen molar-refractivity contribution in [3.63, 3.8) is 0 Å². The molecule has 0 radical (unpaired) electrons. The van der Waals surface area contributed by atoms with Crippen molar-refractivity contribution in [3.05, 3.63) is 59.2 Å². The fourth-order valence-corrected chi connectivity index (χ4v) is 2.55. The van der Waals surface area contributed by atoms with E-state index in [0.717, 1.165) is 5.56 Å². The van der Waals surface area contributed by atoms with E-state index in [-0.39, 0.29) is 17.3 Å². The van der Waals surface area contributed by atoms with Gasteiger partial charge in [0.2, 0.25) is 0 Å². The van der Waals surface area contributed by atoms with Gasteiger partial charge in [-0.05, 0) is 55.3 Å². The van der Waals surface area contributed by atoms with Crippen LogP contribution in [0, 0.1) is 0 Å². The molecule has 3 aromatic rings. The molecule has 1 aromatic carbocycles. The van der Waals surface area contributed by atoms with Crippen LogP contribution in [0.1, 0.15) is 29.8 Å². The maximum atomic E-state index is 12.9. The average molecular weight is 330 g/mol. The monoisotopic (exact) mass is 329 g/mol. The molecule has 1 amide bonds. The topological polar surface area (TPSA) is 59.2 Å². The van der Waals surface area contributed by atoms with Gasteiger partial charge in [0.25, 0.3) is 11.3 Å². The number of oxazole rings is 1. The quantitative estimate of drug-likeness (QED) is 0.727. The molecular weight excluding hydrogens is 314 g/mol. The predicted molar refractivity (Wildman–Crippen MR) is 88.3 cm³/mol. The summed E-state index contributed by atoms with van der Waals surface area (Å²) in [5.74, 6) is -0.0710. The van der Waals surface area contributed by atoms with Gasteiger partial charge < -0.3 is 9.32 Å². The summed E-state index contributed by atoms with van der Waals surface area (Å²) in [5, 5.41) is 0.0701. The van der Waals surface area contributed by atoms with Crippen LogP contribution in [0.25, 0.3) is 11.1 Å². The minimum atomic E-state index is -0.0710. The van der Waals surface area contributed by atoms with Gasteiger partial charge in [-0.1, -0.05) is 6.07 Å². The van der Waals surface area contributed by atoms with Gasteiger partial charge in [0.15, 0.2) is 5.58 Å². The largest absolute Gasteiger partial charge is 0.428 e. The lowest BCUT2D eigenvalue weighted by Crippen LogP contribution is -2.36. The normalized spacial score (nSPS) is 11.1. The molecule has 6 heteroatoms. The van der Waals surface area contributed by atoms with E-state index in [9.17, 15) is 4.79 Å². The van der Waals surface area contributed by atoms with Crippen LogP contribution in [0.5, 0.6) is 0 Å². The summed E-state index contributed by atoms with van der Waals surface area (Å²) in [4.78, 5) is 22.8. The second-order valence-electron chi connectivity index (χ2n) is 5.54. The number of rotatable bonds is 4. The summed E-state index contributed by atoms with van der Waals surface area (Å²) in [6.45, 7) is 4.47. The van der Waals surface area contributed by atoms with Gasteiger partial charge in [0, 0.05) is 30.5 Å². The standard InChI is InChI=1S/C17H16ClN3O2/c1-11(2)21(10-12-4-3-7-19-9-12)16(22)13-5-6-14-15(8-13)23-17(18)20-14/h3-9,11H,10H2,1-2H3. The second kappa shape index (κ2) is 6.38. The summed E-state index contributed by atoms with van der Waals surface area (Å²) >= 11 is 5.76. The van der Waals surface area contributed by atoms with Gasteiger partial charge in [-0.2, -0.15) is 4.98 Å². The Morgan fingerprint density at radius 1 is 1.35 bits per heavy atom. The number of benzene rings is 1. The van der Waals surface area contributed by atoms with Crippen molar-refractivity contribution in [2.45, 2.75) is 26.4 Å². The molecule has 2 aromatic heterocycles. The van der Waals surface area contributed by atoms with Gasteiger partial charge in [-0.15, -0.1) is 0 Å². The van der Waals surface area contributed by atoms with Crippen LogP contribution < -0.4 is 0 Å². The van der Waals surface area contributed by atoms with E-state index in [1.807, 2.05) is 26.0 Å². The van der Waals surface area contributed by atoms with Crippen molar-refractivity contribution in [2.24, 2.45) is 0 Å². The minimum Gasteiger partial charge on any atom is -0.428 e. The average Bonchev–Trinajstić information content (AvgIpc) is 2.91. The molecule has 0 aliphatic heterocycles. The van der Waals surface area contributed by atoms with E-state index in [4.69, 9.17) is 16.0 Å². The van der Waals surface area contributed by atoms with Crippen molar-refractivity contribution in [1.29, 1.82) is 0 Å². The highest BCUT2D eigenvalue weighted by molar-refractivity contribution is 6.28. The first-order valence-corrected chi connectivity index (χ1v) is 7.68. The van der Waals surface area contributed by atoms with Crippen LogP contribution in [0.15, 0.2) is 47.1 Å². The zero-order chi connectivity index (χ0) is 16.4. The Bertz CT molecular complexity index is 830. The molecule has 0 atom stereocenters. The Morgan fingerprint density at radius 3 is 2.87 bits per heavy atom. The third-order valence-electron chi connectivity index (χ3n) is 3.57. The number of nitrogens with zero attached hydrogens (tertiary/aromatic N) is 3. The first kappa shape index (κ1) is 15.5. The molecule has 3 rings (SSSR count). The van der Waals surface area contributed by atoms with Crippen molar-refractivity contribution in [1.82, 2.24) is 14.9 Å². The van der Waals surface area contributed by atoms with Gasteiger partial charge in [0.05, 0.1) is 0 Å². The van der Waals surface area contributed by atoms with Crippen LogP contribution in [-0.4, -0.2) is 26.8 Å². The lowest BCUT2D eigenvalue weighted by Gasteiger charge is -2.26. The van der Waals surface area contributed by atoms with Crippen molar-refractivity contribution < 1.29 is 9.21 Å². The summed E-state index contributed by atoms with van der Waals surface area (Å²) in [5.41, 5.74) is 2.67. The maximum Gasteiger partial charge on any atom is 0.293 e. The Kier molecular flexibility index (Phi) is 4.30.